The van der Waals surface area contributed by atoms with Crippen LogP contribution in [0.3, 0.4) is 0 Å². The van der Waals surface area contributed by atoms with Gasteiger partial charge in [-0.2, -0.15) is 0 Å². The van der Waals surface area contributed by atoms with E-state index in [2.05, 4.69) is 9.80 Å². The lowest BCUT2D eigenvalue weighted by Crippen LogP contribution is -2.55. The van der Waals surface area contributed by atoms with Gasteiger partial charge in [0.15, 0.2) is 0 Å². The molecule has 2 fully saturated rings. The lowest BCUT2D eigenvalue weighted by Gasteiger charge is -2.44. The lowest BCUT2D eigenvalue weighted by atomic mass is 10.0. The van der Waals surface area contributed by atoms with Crippen LogP contribution < -0.4 is 0 Å². The second-order valence-electron chi connectivity index (χ2n) is 7.37. The van der Waals surface area contributed by atoms with Crippen LogP contribution in [0.1, 0.15) is 50.5 Å². The van der Waals surface area contributed by atoms with E-state index in [1.54, 1.807) is 6.07 Å². The zero-order valence-electron chi connectivity index (χ0n) is 14.7. The highest BCUT2D eigenvalue weighted by atomic mass is 19.1. The molecule has 24 heavy (non-hydrogen) atoms. The Morgan fingerprint density at radius 2 is 1.79 bits per heavy atom. The summed E-state index contributed by atoms with van der Waals surface area (Å²) in [4.78, 5) is 5.01. The monoisotopic (exact) mass is 334 g/mol. The van der Waals surface area contributed by atoms with Gasteiger partial charge in [0.05, 0.1) is 0 Å². The van der Waals surface area contributed by atoms with Gasteiger partial charge in [-0.15, -0.1) is 0 Å². The first kappa shape index (κ1) is 17.8. The van der Waals surface area contributed by atoms with Gasteiger partial charge in [0.1, 0.15) is 5.82 Å². The third-order valence-corrected chi connectivity index (χ3v) is 5.77. The van der Waals surface area contributed by atoms with E-state index in [-0.39, 0.29) is 12.4 Å². The Hall–Kier alpha value is -0.970. The van der Waals surface area contributed by atoms with Crippen molar-refractivity contribution >= 4 is 0 Å². The van der Waals surface area contributed by atoms with Crippen molar-refractivity contribution in [2.75, 3.05) is 26.2 Å². The quantitative estimate of drug-likeness (QED) is 0.836. The summed E-state index contributed by atoms with van der Waals surface area (Å²) in [6, 6.07) is 8.10. The van der Waals surface area contributed by atoms with Crippen LogP contribution >= 0.6 is 0 Å². The number of benzene rings is 1. The average molecular weight is 334 g/mol. The molecule has 1 saturated carbocycles. The number of aliphatic hydroxyl groups excluding tert-OH is 1. The molecule has 0 spiro atoms. The molecular weight excluding hydrogens is 303 g/mol. The molecule has 1 aliphatic carbocycles. The molecule has 0 amide bonds. The number of piperazine rings is 1. The summed E-state index contributed by atoms with van der Waals surface area (Å²) in [5.74, 6) is -0.119. The van der Waals surface area contributed by atoms with Gasteiger partial charge in [0.25, 0.3) is 0 Å². The minimum Gasteiger partial charge on any atom is -0.396 e. The maximum Gasteiger partial charge on any atom is 0.127 e. The summed E-state index contributed by atoms with van der Waals surface area (Å²) in [5, 5.41) is 9.48. The van der Waals surface area contributed by atoms with E-state index >= 15 is 0 Å². The fourth-order valence-corrected chi connectivity index (χ4v) is 4.35. The number of nitrogens with zero attached hydrogens (tertiary/aromatic N) is 2. The highest BCUT2D eigenvalue weighted by Crippen LogP contribution is 2.26. The molecule has 3 rings (SSSR count). The topological polar surface area (TPSA) is 26.7 Å². The Bertz CT molecular complexity index is 502. The summed E-state index contributed by atoms with van der Waals surface area (Å²) < 4.78 is 14.0. The Labute approximate surface area is 145 Å². The first-order valence-corrected chi connectivity index (χ1v) is 9.60. The smallest absolute Gasteiger partial charge is 0.127 e. The standard InChI is InChI=1S/C20H31FN2O/c21-20-10-6-5-7-17(20)15-22-12-13-23(16-19(22)11-14-24)18-8-3-1-2-4-9-18/h5-7,10,18-19,24H,1-4,8-9,11-16H2. The predicted octanol–water partition coefficient (Wildman–Crippen LogP) is 3.42. The van der Waals surface area contributed by atoms with Crippen molar-refractivity contribution in [3.8, 4) is 0 Å². The van der Waals surface area contributed by atoms with E-state index in [1.165, 1.54) is 44.6 Å². The second kappa shape index (κ2) is 8.93. The minimum atomic E-state index is -0.119. The van der Waals surface area contributed by atoms with Crippen molar-refractivity contribution in [2.45, 2.75) is 63.6 Å². The maximum absolute atomic E-state index is 14.0. The summed E-state index contributed by atoms with van der Waals surface area (Å²) in [6.07, 6.45) is 8.87. The lowest BCUT2D eigenvalue weighted by molar-refractivity contribution is 0.0271. The first-order valence-electron chi connectivity index (χ1n) is 9.60. The molecule has 3 nitrogen and oxygen atoms in total. The molecule has 1 aromatic carbocycles. The third-order valence-electron chi connectivity index (χ3n) is 5.77. The fraction of sp³-hybridized carbons (Fsp3) is 0.700. The maximum atomic E-state index is 14.0. The van der Waals surface area contributed by atoms with E-state index in [4.69, 9.17) is 0 Å². The number of halogens is 1. The summed E-state index contributed by atoms with van der Waals surface area (Å²) in [5.41, 5.74) is 0.767. The van der Waals surface area contributed by atoms with Crippen LogP contribution in [0, 0.1) is 5.82 Å². The van der Waals surface area contributed by atoms with Crippen molar-refractivity contribution < 1.29 is 9.50 Å². The minimum absolute atomic E-state index is 0.119. The van der Waals surface area contributed by atoms with E-state index in [0.29, 0.717) is 18.6 Å². The van der Waals surface area contributed by atoms with E-state index in [1.807, 2.05) is 12.1 Å². The van der Waals surface area contributed by atoms with Crippen LogP contribution in [-0.4, -0.2) is 53.2 Å². The van der Waals surface area contributed by atoms with Crippen LogP contribution in [0.15, 0.2) is 24.3 Å². The Morgan fingerprint density at radius 1 is 1.04 bits per heavy atom. The molecule has 0 radical (unpaired) electrons. The van der Waals surface area contributed by atoms with Crippen LogP contribution in [0.25, 0.3) is 0 Å². The van der Waals surface area contributed by atoms with E-state index in [9.17, 15) is 9.50 Å². The molecule has 0 aromatic heterocycles. The summed E-state index contributed by atoms with van der Waals surface area (Å²) in [7, 11) is 0. The average Bonchev–Trinajstić information content (AvgIpc) is 2.88. The Balaban J connectivity index is 1.63. The van der Waals surface area contributed by atoms with Gasteiger partial charge in [0.2, 0.25) is 0 Å². The molecule has 1 heterocycles. The van der Waals surface area contributed by atoms with E-state index in [0.717, 1.165) is 31.6 Å². The number of hydrogen-bond acceptors (Lipinski definition) is 3. The zero-order valence-corrected chi connectivity index (χ0v) is 14.7. The summed E-state index contributed by atoms with van der Waals surface area (Å²) in [6.45, 7) is 3.91. The van der Waals surface area contributed by atoms with Gasteiger partial charge >= 0.3 is 0 Å². The zero-order chi connectivity index (χ0) is 16.8. The fourth-order valence-electron chi connectivity index (χ4n) is 4.35. The van der Waals surface area contributed by atoms with Gasteiger partial charge in [-0.05, 0) is 25.3 Å². The molecule has 1 aliphatic heterocycles. The Morgan fingerprint density at radius 3 is 2.50 bits per heavy atom. The first-order chi connectivity index (χ1) is 11.8. The number of rotatable bonds is 5. The van der Waals surface area contributed by atoms with Gasteiger partial charge in [-0.3, -0.25) is 9.80 Å². The predicted molar refractivity (Wildman–Crippen MR) is 95.4 cm³/mol. The Kier molecular flexibility index (Phi) is 6.64. The summed E-state index contributed by atoms with van der Waals surface area (Å²) >= 11 is 0. The van der Waals surface area contributed by atoms with Crippen LogP contribution in [0.2, 0.25) is 0 Å². The van der Waals surface area contributed by atoms with Crippen LogP contribution in [0.5, 0.6) is 0 Å². The molecule has 1 N–H and O–H groups in total. The molecule has 4 heteroatoms. The van der Waals surface area contributed by atoms with Crippen LogP contribution in [0.4, 0.5) is 4.39 Å². The van der Waals surface area contributed by atoms with Crippen molar-refractivity contribution in [2.24, 2.45) is 0 Å². The largest absolute Gasteiger partial charge is 0.396 e. The molecule has 1 saturated heterocycles. The van der Waals surface area contributed by atoms with Crippen molar-refractivity contribution in [1.82, 2.24) is 9.80 Å². The van der Waals surface area contributed by atoms with Crippen molar-refractivity contribution in [1.29, 1.82) is 0 Å². The second-order valence-corrected chi connectivity index (χ2v) is 7.37. The normalized spacial score (nSPS) is 24.8. The third kappa shape index (κ3) is 4.56. The molecule has 2 aliphatic rings. The molecule has 0 bridgehead atoms. The molecule has 1 atom stereocenters. The number of aliphatic hydroxyl groups is 1. The molecule has 1 aromatic rings. The van der Waals surface area contributed by atoms with E-state index < -0.39 is 0 Å². The highest BCUT2D eigenvalue weighted by molar-refractivity contribution is 5.17. The van der Waals surface area contributed by atoms with Gasteiger partial charge in [-0.1, -0.05) is 43.9 Å². The highest BCUT2D eigenvalue weighted by Gasteiger charge is 2.31. The number of hydrogen-bond donors (Lipinski definition) is 1. The molecular formula is C20H31FN2O. The van der Waals surface area contributed by atoms with Crippen LogP contribution in [-0.2, 0) is 6.54 Å². The SMILES string of the molecule is OCCC1CN(C2CCCCCC2)CCN1Cc1ccccc1F. The van der Waals surface area contributed by atoms with Gasteiger partial charge in [0, 0.05) is 50.4 Å². The van der Waals surface area contributed by atoms with Gasteiger partial charge in [-0.25, -0.2) is 4.39 Å². The van der Waals surface area contributed by atoms with Crippen molar-refractivity contribution in [3.63, 3.8) is 0 Å². The molecule has 1 unspecified atom stereocenters. The van der Waals surface area contributed by atoms with Gasteiger partial charge < -0.3 is 5.11 Å². The van der Waals surface area contributed by atoms with Crippen molar-refractivity contribution in [3.05, 3.63) is 35.6 Å². The molecule has 134 valence electrons.